The average Bonchev–Trinajstić information content (AvgIpc) is 2.79. The number of nitrogens with one attached hydrogen (secondary N) is 2. The van der Waals surface area contributed by atoms with Crippen molar-refractivity contribution in [1.82, 2.24) is 15.5 Å². The molecule has 0 aliphatic carbocycles. The minimum Gasteiger partial charge on any atom is -0.466 e. The van der Waals surface area contributed by atoms with Gasteiger partial charge in [0.25, 0.3) is 0 Å². The highest BCUT2D eigenvalue weighted by Gasteiger charge is 2.34. The zero-order valence-corrected chi connectivity index (χ0v) is 18.1. The second-order valence-corrected chi connectivity index (χ2v) is 8.01. The number of carbonyl (C=O) groups excluding carboxylic acids is 2. The van der Waals surface area contributed by atoms with Gasteiger partial charge in [0.05, 0.1) is 18.7 Å². The summed E-state index contributed by atoms with van der Waals surface area (Å²) in [6.45, 7) is 3.83. The van der Waals surface area contributed by atoms with E-state index in [4.69, 9.17) is 16.3 Å². The number of ether oxygens (including phenoxy) is 1. The van der Waals surface area contributed by atoms with Gasteiger partial charge in [0, 0.05) is 49.1 Å². The number of hydrogen-bond donors (Lipinski definition) is 2. The first-order valence-electron chi connectivity index (χ1n) is 10.2. The van der Waals surface area contributed by atoms with Crippen LogP contribution in [0.15, 0.2) is 65.9 Å². The minimum absolute atomic E-state index is 0.351. The van der Waals surface area contributed by atoms with E-state index in [0.717, 1.165) is 31.7 Å². The average molecular weight is 441 g/mol. The largest absolute Gasteiger partial charge is 0.466 e. The van der Waals surface area contributed by atoms with Crippen LogP contribution in [0, 0.1) is 0 Å². The molecule has 1 atom stereocenters. The number of benzene rings is 2. The second kappa shape index (κ2) is 9.41. The number of para-hydroxylation sites is 1. The van der Waals surface area contributed by atoms with Crippen molar-refractivity contribution >= 4 is 29.3 Å². The number of hydrogen-bond acceptors (Lipinski definition) is 5. The van der Waals surface area contributed by atoms with E-state index in [1.807, 2.05) is 24.3 Å². The topological polar surface area (TPSA) is 73.9 Å². The number of urea groups is 1. The molecule has 4 rings (SSSR count). The van der Waals surface area contributed by atoms with Crippen molar-refractivity contribution in [3.63, 3.8) is 0 Å². The number of anilines is 1. The van der Waals surface area contributed by atoms with Crippen molar-refractivity contribution in [3.05, 3.63) is 76.5 Å². The van der Waals surface area contributed by atoms with Crippen molar-refractivity contribution in [2.45, 2.75) is 6.04 Å². The van der Waals surface area contributed by atoms with Crippen molar-refractivity contribution in [2.75, 3.05) is 44.7 Å². The minimum atomic E-state index is -0.625. The lowest BCUT2D eigenvalue weighted by molar-refractivity contribution is -0.136. The number of methoxy groups -OCH3 is 1. The number of esters is 1. The van der Waals surface area contributed by atoms with E-state index >= 15 is 0 Å². The van der Waals surface area contributed by atoms with E-state index in [1.165, 1.54) is 12.8 Å². The Balaban J connectivity index is 1.55. The van der Waals surface area contributed by atoms with Crippen LogP contribution in [0.1, 0.15) is 11.6 Å². The van der Waals surface area contributed by atoms with Crippen LogP contribution in [0.25, 0.3) is 0 Å². The quantitative estimate of drug-likeness (QED) is 0.699. The standard InChI is InChI=1S/C23H25ClN4O3/c1-31-22(29)20-19(25-23(30)26-21(20)16-6-5-7-17(24)14-16)15-27-10-12-28(13-11-27)18-8-3-2-4-9-18/h2-9,14,21H,10-13,15H2,1H3,(H2,25,26,30)/t21-/m0/s1. The molecule has 2 aromatic carbocycles. The molecule has 1 fully saturated rings. The molecule has 0 bridgehead atoms. The van der Waals surface area contributed by atoms with Crippen LogP contribution in [-0.4, -0.2) is 56.7 Å². The molecule has 2 aliphatic heterocycles. The number of piperazine rings is 1. The van der Waals surface area contributed by atoms with Crippen LogP contribution in [0.3, 0.4) is 0 Å². The summed E-state index contributed by atoms with van der Waals surface area (Å²) in [5, 5.41) is 6.19. The summed E-state index contributed by atoms with van der Waals surface area (Å²) in [5.41, 5.74) is 2.89. The third-order valence-electron chi connectivity index (χ3n) is 5.62. The van der Waals surface area contributed by atoms with Gasteiger partial charge >= 0.3 is 12.0 Å². The molecule has 7 nitrogen and oxygen atoms in total. The maximum absolute atomic E-state index is 12.7. The summed E-state index contributed by atoms with van der Waals surface area (Å²) in [7, 11) is 1.34. The van der Waals surface area contributed by atoms with Gasteiger partial charge in [0.1, 0.15) is 0 Å². The fourth-order valence-electron chi connectivity index (χ4n) is 4.06. The predicted octanol–water partition coefficient (Wildman–Crippen LogP) is 2.94. The zero-order valence-electron chi connectivity index (χ0n) is 17.3. The number of rotatable bonds is 5. The van der Waals surface area contributed by atoms with Gasteiger partial charge in [-0.05, 0) is 29.8 Å². The summed E-state index contributed by atoms with van der Waals surface area (Å²) >= 11 is 6.14. The summed E-state index contributed by atoms with van der Waals surface area (Å²) < 4.78 is 5.05. The van der Waals surface area contributed by atoms with E-state index in [2.05, 4.69) is 32.6 Å². The SMILES string of the molecule is COC(=O)C1=C(CN2CCN(c3ccccc3)CC2)NC(=O)N[C@H]1c1cccc(Cl)c1. The summed E-state index contributed by atoms with van der Waals surface area (Å²) in [4.78, 5) is 29.7. The molecule has 0 radical (unpaired) electrons. The van der Waals surface area contributed by atoms with Gasteiger partial charge in [-0.25, -0.2) is 9.59 Å². The normalized spacial score (nSPS) is 19.6. The van der Waals surface area contributed by atoms with E-state index in [0.29, 0.717) is 22.8 Å². The molecular weight excluding hydrogens is 416 g/mol. The third kappa shape index (κ3) is 4.84. The Bertz CT molecular complexity index is 987. The second-order valence-electron chi connectivity index (χ2n) is 7.57. The van der Waals surface area contributed by atoms with Crippen LogP contribution < -0.4 is 15.5 Å². The van der Waals surface area contributed by atoms with E-state index in [9.17, 15) is 9.59 Å². The molecule has 1 saturated heterocycles. The van der Waals surface area contributed by atoms with Crippen molar-refractivity contribution in [2.24, 2.45) is 0 Å². The smallest absolute Gasteiger partial charge is 0.338 e. The Morgan fingerprint density at radius 2 is 1.84 bits per heavy atom. The Labute approximate surface area is 186 Å². The van der Waals surface area contributed by atoms with Crippen molar-refractivity contribution < 1.29 is 14.3 Å². The lowest BCUT2D eigenvalue weighted by atomic mass is 9.95. The number of nitrogens with zero attached hydrogens (tertiary/aromatic N) is 2. The van der Waals surface area contributed by atoms with Crippen LogP contribution in [0.4, 0.5) is 10.5 Å². The molecule has 8 heteroatoms. The summed E-state index contributed by atoms with van der Waals surface area (Å²) in [6.07, 6.45) is 0. The highest BCUT2D eigenvalue weighted by atomic mass is 35.5. The van der Waals surface area contributed by atoms with E-state index in [-0.39, 0.29) is 6.03 Å². The fourth-order valence-corrected chi connectivity index (χ4v) is 4.26. The van der Waals surface area contributed by atoms with E-state index in [1.54, 1.807) is 18.2 Å². The van der Waals surface area contributed by atoms with Gasteiger partial charge in [-0.3, -0.25) is 4.90 Å². The highest BCUT2D eigenvalue weighted by molar-refractivity contribution is 6.30. The Hall–Kier alpha value is -3.03. The maximum atomic E-state index is 12.7. The molecule has 31 heavy (non-hydrogen) atoms. The molecule has 0 aromatic heterocycles. The van der Waals surface area contributed by atoms with Gasteiger partial charge in [-0.1, -0.05) is 41.9 Å². The molecule has 2 aromatic rings. The number of amides is 2. The monoisotopic (exact) mass is 440 g/mol. The van der Waals surface area contributed by atoms with Crippen LogP contribution in [-0.2, 0) is 9.53 Å². The molecule has 0 unspecified atom stereocenters. The molecule has 2 heterocycles. The zero-order chi connectivity index (χ0) is 21.8. The predicted molar refractivity (Wildman–Crippen MR) is 120 cm³/mol. The molecule has 2 amide bonds. The molecule has 2 N–H and O–H groups in total. The first kappa shape index (κ1) is 21.2. The molecule has 162 valence electrons. The highest BCUT2D eigenvalue weighted by Crippen LogP contribution is 2.29. The summed E-state index contributed by atoms with van der Waals surface area (Å²) in [6, 6.07) is 16.5. The van der Waals surface area contributed by atoms with Gasteiger partial charge < -0.3 is 20.3 Å². The molecule has 2 aliphatic rings. The Morgan fingerprint density at radius 3 is 2.52 bits per heavy atom. The first-order valence-corrected chi connectivity index (χ1v) is 10.6. The first-order chi connectivity index (χ1) is 15.0. The lowest BCUT2D eigenvalue weighted by Crippen LogP contribution is -2.51. The fraction of sp³-hybridized carbons (Fsp3) is 0.304. The Kier molecular flexibility index (Phi) is 6.44. The molecule has 0 saturated carbocycles. The van der Waals surface area contributed by atoms with Gasteiger partial charge in [0.15, 0.2) is 0 Å². The van der Waals surface area contributed by atoms with Crippen molar-refractivity contribution in [1.29, 1.82) is 0 Å². The van der Waals surface area contributed by atoms with Gasteiger partial charge in [-0.2, -0.15) is 0 Å². The van der Waals surface area contributed by atoms with Gasteiger partial charge in [0.2, 0.25) is 0 Å². The number of halogens is 1. The van der Waals surface area contributed by atoms with Crippen molar-refractivity contribution in [3.8, 4) is 0 Å². The third-order valence-corrected chi connectivity index (χ3v) is 5.85. The summed E-state index contributed by atoms with van der Waals surface area (Å²) in [5.74, 6) is -0.476. The Morgan fingerprint density at radius 1 is 1.10 bits per heavy atom. The molecular formula is C23H25ClN4O3. The van der Waals surface area contributed by atoms with Crippen LogP contribution >= 0.6 is 11.6 Å². The lowest BCUT2D eigenvalue weighted by Gasteiger charge is -2.38. The van der Waals surface area contributed by atoms with Gasteiger partial charge in [-0.15, -0.1) is 0 Å². The molecule has 0 spiro atoms. The maximum Gasteiger partial charge on any atom is 0.338 e. The van der Waals surface area contributed by atoms with E-state index < -0.39 is 12.0 Å². The van der Waals surface area contributed by atoms with Crippen LogP contribution in [0.5, 0.6) is 0 Å². The van der Waals surface area contributed by atoms with Crippen LogP contribution in [0.2, 0.25) is 5.02 Å². The number of carbonyl (C=O) groups is 2.